The average Bonchev–Trinajstić information content (AvgIpc) is 3.06. The maximum Gasteiger partial charge on any atom is 0.271 e. The van der Waals surface area contributed by atoms with Gasteiger partial charge in [-0.2, -0.15) is 0 Å². The largest absolute Gasteiger partial charge is 0.381 e. The summed E-state index contributed by atoms with van der Waals surface area (Å²) in [6.07, 6.45) is 4.20. The van der Waals surface area contributed by atoms with E-state index in [1.54, 1.807) is 0 Å². The molecule has 3 aromatic rings. The Morgan fingerprint density at radius 1 is 0.889 bits per heavy atom. The SMILES string of the molecule is CN1CCN(C2CCN(c3ccc(Nc4nc5c(nc4C(N)=O)-c4ccccc4C(C)(C)N5C4CCOCC4)cc3)CC2)CC1. The highest BCUT2D eigenvalue weighted by atomic mass is 16.5. The van der Waals surface area contributed by atoms with Gasteiger partial charge >= 0.3 is 0 Å². The fraction of sp³-hybridized carbons (Fsp3) is 0.514. The molecule has 1 amide bonds. The maximum atomic E-state index is 12.8. The van der Waals surface area contributed by atoms with E-state index in [1.165, 1.54) is 44.7 Å². The summed E-state index contributed by atoms with van der Waals surface area (Å²) in [4.78, 5) is 32.8. The predicted molar refractivity (Wildman–Crippen MR) is 179 cm³/mol. The zero-order valence-electron chi connectivity index (χ0n) is 26.8. The van der Waals surface area contributed by atoms with Crippen LogP contribution in [0.15, 0.2) is 48.5 Å². The Hall–Kier alpha value is -3.73. The van der Waals surface area contributed by atoms with Crippen LogP contribution in [0, 0.1) is 0 Å². The lowest BCUT2D eigenvalue weighted by atomic mass is 9.81. The minimum absolute atomic E-state index is 0.144. The van der Waals surface area contributed by atoms with Gasteiger partial charge in [-0.1, -0.05) is 24.3 Å². The maximum absolute atomic E-state index is 12.8. The van der Waals surface area contributed by atoms with Gasteiger partial charge in [-0.3, -0.25) is 9.69 Å². The van der Waals surface area contributed by atoms with Crippen molar-refractivity contribution in [1.29, 1.82) is 0 Å². The molecule has 3 saturated heterocycles. The van der Waals surface area contributed by atoms with Crippen LogP contribution in [0.5, 0.6) is 0 Å². The molecule has 0 bridgehead atoms. The topological polar surface area (TPSA) is 103 Å². The highest BCUT2D eigenvalue weighted by Crippen LogP contribution is 2.48. The molecule has 1 aromatic heterocycles. The molecule has 45 heavy (non-hydrogen) atoms. The summed E-state index contributed by atoms with van der Waals surface area (Å²) in [6, 6.07) is 17.6. The van der Waals surface area contributed by atoms with Crippen molar-refractivity contribution in [2.45, 2.75) is 57.2 Å². The fourth-order valence-electron chi connectivity index (χ4n) is 7.79. The molecule has 0 saturated carbocycles. The molecule has 10 heteroatoms. The van der Waals surface area contributed by atoms with Crippen LogP contribution in [-0.2, 0) is 10.3 Å². The van der Waals surface area contributed by atoms with E-state index in [2.05, 4.69) is 88.3 Å². The Morgan fingerprint density at radius 3 is 2.27 bits per heavy atom. The Morgan fingerprint density at radius 2 is 1.58 bits per heavy atom. The van der Waals surface area contributed by atoms with Crippen molar-refractivity contribution < 1.29 is 9.53 Å². The molecule has 4 aliphatic rings. The zero-order chi connectivity index (χ0) is 31.1. The van der Waals surface area contributed by atoms with Crippen molar-refractivity contribution in [3.8, 4) is 11.3 Å². The van der Waals surface area contributed by atoms with E-state index in [4.69, 9.17) is 20.4 Å². The number of hydrogen-bond acceptors (Lipinski definition) is 9. The molecule has 3 N–H and O–H groups in total. The lowest BCUT2D eigenvalue weighted by molar-refractivity contribution is 0.0794. The number of piperidine rings is 1. The number of nitrogens with two attached hydrogens (primary N) is 1. The number of nitrogens with one attached hydrogen (secondary N) is 1. The van der Waals surface area contributed by atoms with Gasteiger partial charge in [0, 0.05) is 81.5 Å². The average molecular weight is 611 g/mol. The summed E-state index contributed by atoms with van der Waals surface area (Å²) < 4.78 is 5.72. The van der Waals surface area contributed by atoms with Crippen molar-refractivity contribution >= 4 is 28.9 Å². The molecule has 4 aliphatic heterocycles. The van der Waals surface area contributed by atoms with Crippen LogP contribution in [0.4, 0.5) is 23.0 Å². The van der Waals surface area contributed by atoms with Gasteiger partial charge in [-0.05, 0) is 76.4 Å². The number of aromatic nitrogens is 2. The summed E-state index contributed by atoms with van der Waals surface area (Å²) in [5.74, 6) is 0.555. The van der Waals surface area contributed by atoms with Gasteiger partial charge < -0.3 is 30.5 Å². The minimum Gasteiger partial charge on any atom is -0.381 e. The normalized spacial score (nSPS) is 21.3. The number of amides is 1. The Kier molecular flexibility index (Phi) is 8.14. The number of carbonyl (C=O) groups excluding carboxylic acids is 1. The third-order valence-electron chi connectivity index (χ3n) is 10.4. The molecule has 7 rings (SSSR count). The lowest BCUT2D eigenvalue weighted by Crippen LogP contribution is -2.53. The quantitative estimate of drug-likeness (QED) is 0.420. The fourth-order valence-corrected chi connectivity index (χ4v) is 7.79. The van der Waals surface area contributed by atoms with Gasteiger partial charge in [0.1, 0.15) is 5.69 Å². The standard InChI is InChI=1S/C35H46N8O2/c1-35(2)29-7-5-4-6-28(29)30-34(43(35)27-14-22-45-23-15-27)39-33(31(38-30)32(36)44)37-24-8-10-25(11-9-24)41-16-12-26(13-17-41)42-20-18-40(3)19-21-42/h4-11,26-27H,12-23H2,1-3H3,(H2,36,44)(H,37,39). The molecule has 0 atom stereocenters. The summed E-state index contributed by atoms with van der Waals surface area (Å²) in [7, 11) is 2.22. The number of carbonyl (C=O) groups is 1. The van der Waals surface area contributed by atoms with Crippen LogP contribution >= 0.6 is 0 Å². The molecular weight excluding hydrogens is 564 g/mol. The van der Waals surface area contributed by atoms with E-state index in [9.17, 15) is 4.79 Å². The first-order chi connectivity index (χ1) is 21.8. The molecule has 2 aromatic carbocycles. The van der Waals surface area contributed by atoms with E-state index < -0.39 is 5.91 Å². The van der Waals surface area contributed by atoms with E-state index in [0.29, 0.717) is 30.8 Å². The van der Waals surface area contributed by atoms with Crippen molar-refractivity contribution in [2.24, 2.45) is 5.73 Å². The first-order valence-electron chi connectivity index (χ1n) is 16.5. The van der Waals surface area contributed by atoms with Crippen molar-refractivity contribution in [2.75, 3.05) is 74.6 Å². The highest BCUT2D eigenvalue weighted by Gasteiger charge is 2.43. The number of anilines is 4. The van der Waals surface area contributed by atoms with Crippen LogP contribution in [0.2, 0.25) is 0 Å². The summed E-state index contributed by atoms with van der Waals surface area (Å²) in [6.45, 7) is 12.7. The van der Waals surface area contributed by atoms with Crippen molar-refractivity contribution in [3.05, 3.63) is 59.8 Å². The smallest absolute Gasteiger partial charge is 0.271 e. The van der Waals surface area contributed by atoms with Gasteiger partial charge in [-0.15, -0.1) is 0 Å². The first kappa shape index (κ1) is 30.0. The number of benzene rings is 2. The molecule has 10 nitrogen and oxygen atoms in total. The van der Waals surface area contributed by atoms with Gasteiger partial charge in [0.2, 0.25) is 0 Å². The molecule has 5 heterocycles. The highest BCUT2D eigenvalue weighted by molar-refractivity contribution is 5.98. The van der Waals surface area contributed by atoms with E-state index in [1.807, 2.05) is 6.07 Å². The number of piperazine rings is 1. The molecule has 238 valence electrons. The van der Waals surface area contributed by atoms with E-state index >= 15 is 0 Å². The second-order valence-corrected chi connectivity index (χ2v) is 13.5. The van der Waals surface area contributed by atoms with Gasteiger partial charge in [0.15, 0.2) is 17.3 Å². The second-order valence-electron chi connectivity index (χ2n) is 13.5. The van der Waals surface area contributed by atoms with E-state index in [0.717, 1.165) is 48.6 Å². The third kappa shape index (κ3) is 5.75. The summed E-state index contributed by atoms with van der Waals surface area (Å²) in [5.41, 5.74) is 10.6. The Bertz CT molecular complexity index is 1520. The number of fused-ring (bicyclic) bond motifs is 3. The van der Waals surface area contributed by atoms with Crippen LogP contribution in [0.25, 0.3) is 11.3 Å². The summed E-state index contributed by atoms with van der Waals surface area (Å²) >= 11 is 0. The number of likely N-dealkylation sites (N-methyl/N-ethyl adjacent to an activating group) is 1. The first-order valence-corrected chi connectivity index (χ1v) is 16.5. The molecule has 0 spiro atoms. The summed E-state index contributed by atoms with van der Waals surface area (Å²) in [5, 5.41) is 3.41. The molecular formula is C35H46N8O2. The number of ether oxygens (including phenoxy) is 1. The van der Waals surface area contributed by atoms with E-state index in [-0.39, 0.29) is 17.3 Å². The molecule has 0 aliphatic carbocycles. The molecule has 0 radical (unpaired) electrons. The van der Waals surface area contributed by atoms with Crippen molar-refractivity contribution in [3.63, 3.8) is 0 Å². The molecule has 0 unspecified atom stereocenters. The monoisotopic (exact) mass is 610 g/mol. The Labute approximate surface area is 266 Å². The number of rotatable bonds is 6. The van der Waals surface area contributed by atoms with Gasteiger partial charge in [0.25, 0.3) is 5.91 Å². The minimum atomic E-state index is -0.604. The molecule has 3 fully saturated rings. The lowest BCUT2D eigenvalue weighted by Gasteiger charge is -2.50. The van der Waals surface area contributed by atoms with Gasteiger partial charge in [0.05, 0.1) is 5.54 Å². The van der Waals surface area contributed by atoms with Gasteiger partial charge in [-0.25, -0.2) is 9.97 Å². The number of hydrogen-bond donors (Lipinski definition) is 2. The van der Waals surface area contributed by atoms with Crippen LogP contribution < -0.4 is 20.9 Å². The number of nitrogens with zero attached hydrogens (tertiary/aromatic N) is 6. The zero-order valence-corrected chi connectivity index (χ0v) is 26.8. The predicted octanol–water partition coefficient (Wildman–Crippen LogP) is 4.44. The van der Waals surface area contributed by atoms with Crippen LogP contribution in [0.1, 0.15) is 55.6 Å². The third-order valence-corrected chi connectivity index (χ3v) is 10.4. The van der Waals surface area contributed by atoms with Crippen molar-refractivity contribution in [1.82, 2.24) is 19.8 Å². The van der Waals surface area contributed by atoms with Crippen LogP contribution in [0.3, 0.4) is 0 Å². The Balaban J connectivity index is 1.14. The number of primary amides is 1. The van der Waals surface area contributed by atoms with Crippen LogP contribution in [-0.4, -0.2) is 97.3 Å². The second kappa shape index (κ2) is 12.2.